The molecule has 0 aliphatic carbocycles. The smallest absolute Gasteiger partial charge is 0.150 e. The molecule has 0 N–H and O–H groups in total. The second kappa shape index (κ2) is 4.38. The van der Waals surface area contributed by atoms with Crippen LogP contribution in [0.5, 0.6) is 5.75 Å². The SMILES string of the molecule is ClCCCN1C=COc2ccccc21. The lowest BCUT2D eigenvalue weighted by Gasteiger charge is -2.25. The van der Waals surface area contributed by atoms with Crippen molar-refractivity contribution < 1.29 is 4.74 Å². The van der Waals surface area contributed by atoms with Crippen molar-refractivity contribution in [3.63, 3.8) is 0 Å². The lowest BCUT2D eigenvalue weighted by atomic mass is 10.2. The van der Waals surface area contributed by atoms with Crippen LogP contribution in [0.1, 0.15) is 6.42 Å². The first-order valence-electron chi connectivity index (χ1n) is 4.67. The average molecular weight is 210 g/mol. The number of benzene rings is 1. The van der Waals surface area contributed by atoms with Crippen molar-refractivity contribution in [1.82, 2.24) is 0 Å². The van der Waals surface area contributed by atoms with E-state index in [0.29, 0.717) is 5.88 Å². The van der Waals surface area contributed by atoms with Crippen LogP contribution in [0.2, 0.25) is 0 Å². The van der Waals surface area contributed by atoms with Crippen LogP contribution in [-0.4, -0.2) is 12.4 Å². The molecule has 0 atom stereocenters. The number of ether oxygens (including phenoxy) is 1. The van der Waals surface area contributed by atoms with E-state index in [1.807, 2.05) is 30.5 Å². The van der Waals surface area contributed by atoms with Gasteiger partial charge in [0.05, 0.1) is 5.69 Å². The molecule has 0 bridgehead atoms. The van der Waals surface area contributed by atoms with E-state index in [2.05, 4.69) is 4.90 Å². The normalized spacial score (nSPS) is 13.6. The molecule has 1 aliphatic heterocycles. The van der Waals surface area contributed by atoms with E-state index in [4.69, 9.17) is 16.3 Å². The number of rotatable bonds is 3. The van der Waals surface area contributed by atoms with Gasteiger partial charge < -0.3 is 9.64 Å². The predicted octanol–water partition coefficient (Wildman–Crippen LogP) is 2.99. The summed E-state index contributed by atoms with van der Waals surface area (Å²) in [5, 5.41) is 0. The van der Waals surface area contributed by atoms with Crippen LogP contribution in [0.3, 0.4) is 0 Å². The van der Waals surface area contributed by atoms with E-state index in [1.165, 1.54) is 0 Å². The fraction of sp³-hybridized carbons (Fsp3) is 0.273. The van der Waals surface area contributed by atoms with Gasteiger partial charge in [-0.25, -0.2) is 0 Å². The molecule has 0 unspecified atom stereocenters. The monoisotopic (exact) mass is 209 g/mol. The lowest BCUT2D eigenvalue weighted by molar-refractivity contribution is 0.469. The zero-order valence-corrected chi connectivity index (χ0v) is 8.57. The van der Waals surface area contributed by atoms with Crippen LogP contribution < -0.4 is 9.64 Å². The molecule has 0 saturated heterocycles. The highest BCUT2D eigenvalue weighted by atomic mass is 35.5. The minimum atomic E-state index is 0.688. The molecule has 14 heavy (non-hydrogen) atoms. The minimum Gasteiger partial charge on any atom is -0.461 e. The van der Waals surface area contributed by atoms with Crippen LogP contribution in [-0.2, 0) is 0 Å². The summed E-state index contributed by atoms with van der Waals surface area (Å²) in [6, 6.07) is 7.99. The van der Waals surface area contributed by atoms with Gasteiger partial charge in [0.2, 0.25) is 0 Å². The Hall–Kier alpha value is -1.15. The van der Waals surface area contributed by atoms with Crippen molar-refractivity contribution in [1.29, 1.82) is 0 Å². The van der Waals surface area contributed by atoms with E-state index in [9.17, 15) is 0 Å². The molecule has 2 nitrogen and oxygen atoms in total. The first-order chi connectivity index (χ1) is 6.92. The van der Waals surface area contributed by atoms with Gasteiger partial charge in [-0.2, -0.15) is 0 Å². The molecule has 0 aromatic heterocycles. The van der Waals surface area contributed by atoms with Gasteiger partial charge in [-0.1, -0.05) is 12.1 Å². The third-order valence-corrected chi connectivity index (χ3v) is 2.41. The molecule has 1 aliphatic rings. The number of nitrogens with zero attached hydrogens (tertiary/aromatic N) is 1. The second-order valence-electron chi connectivity index (χ2n) is 3.11. The Morgan fingerprint density at radius 1 is 1.29 bits per heavy atom. The molecule has 1 aromatic carbocycles. The summed E-state index contributed by atoms with van der Waals surface area (Å²) in [6.45, 7) is 0.931. The molecular weight excluding hydrogens is 198 g/mol. The van der Waals surface area contributed by atoms with Gasteiger partial charge in [0, 0.05) is 18.6 Å². The number of anilines is 1. The van der Waals surface area contributed by atoms with Crippen LogP contribution in [0.25, 0.3) is 0 Å². The van der Waals surface area contributed by atoms with E-state index in [-0.39, 0.29) is 0 Å². The molecule has 0 fully saturated rings. The molecule has 0 saturated carbocycles. The highest BCUT2D eigenvalue weighted by molar-refractivity contribution is 6.17. The summed E-state index contributed by atoms with van der Waals surface area (Å²) >= 11 is 5.67. The molecule has 0 amide bonds. The third kappa shape index (κ3) is 1.85. The summed E-state index contributed by atoms with van der Waals surface area (Å²) in [5.41, 5.74) is 1.11. The zero-order chi connectivity index (χ0) is 9.80. The maximum Gasteiger partial charge on any atom is 0.150 e. The van der Waals surface area contributed by atoms with Crippen LogP contribution in [0.4, 0.5) is 5.69 Å². The number of hydrogen-bond donors (Lipinski definition) is 0. The molecule has 2 rings (SSSR count). The van der Waals surface area contributed by atoms with Gasteiger partial charge in [0.1, 0.15) is 12.0 Å². The topological polar surface area (TPSA) is 12.5 Å². The maximum absolute atomic E-state index is 5.67. The van der Waals surface area contributed by atoms with Gasteiger partial charge in [-0.3, -0.25) is 0 Å². The van der Waals surface area contributed by atoms with E-state index in [0.717, 1.165) is 24.4 Å². The molecule has 0 radical (unpaired) electrons. The van der Waals surface area contributed by atoms with Gasteiger partial charge in [0.15, 0.2) is 0 Å². The Kier molecular flexibility index (Phi) is 2.94. The number of para-hydroxylation sites is 2. The van der Waals surface area contributed by atoms with Crippen LogP contribution >= 0.6 is 11.6 Å². The summed E-state index contributed by atoms with van der Waals surface area (Å²) in [7, 11) is 0. The summed E-state index contributed by atoms with van der Waals surface area (Å²) in [4.78, 5) is 2.15. The van der Waals surface area contributed by atoms with Crippen molar-refractivity contribution >= 4 is 17.3 Å². The molecular formula is C11H12ClNO. The molecule has 74 valence electrons. The highest BCUT2D eigenvalue weighted by Crippen LogP contribution is 2.31. The van der Waals surface area contributed by atoms with E-state index in [1.54, 1.807) is 6.26 Å². The van der Waals surface area contributed by atoms with E-state index < -0.39 is 0 Å². The fourth-order valence-electron chi connectivity index (χ4n) is 1.48. The first-order valence-corrected chi connectivity index (χ1v) is 5.20. The van der Waals surface area contributed by atoms with E-state index >= 15 is 0 Å². The molecule has 0 spiro atoms. The number of halogens is 1. The summed E-state index contributed by atoms with van der Waals surface area (Å²) in [5.74, 6) is 1.59. The Labute approximate surface area is 88.7 Å². The lowest BCUT2D eigenvalue weighted by Crippen LogP contribution is -2.21. The first kappa shape index (κ1) is 9.41. The van der Waals surface area contributed by atoms with Crippen molar-refractivity contribution in [2.45, 2.75) is 6.42 Å². The highest BCUT2D eigenvalue weighted by Gasteiger charge is 2.12. The number of fused-ring (bicyclic) bond motifs is 1. The van der Waals surface area contributed by atoms with Crippen molar-refractivity contribution in [3.8, 4) is 5.75 Å². The standard InChI is InChI=1S/C11H12ClNO/c12-6-3-7-13-8-9-14-11-5-2-1-4-10(11)13/h1-2,4-5,8-9H,3,6-7H2. The van der Waals surface area contributed by atoms with Crippen LogP contribution in [0.15, 0.2) is 36.7 Å². The third-order valence-electron chi connectivity index (χ3n) is 2.14. The van der Waals surface area contributed by atoms with Crippen molar-refractivity contribution in [3.05, 3.63) is 36.7 Å². The maximum atomic E-state index is 5.67. The minimum absolute atomic E-state index is 0.688. The van der Waals surface area contributed by atoms with Crippen molar-refractivity contribution in [2.75, 3.05) is 17.3 Å². The van der Waals surface area contributed by atoms with Gasteiger partial charge in [0.25, 0.3) is 0 Å². The Morgan fingerprint density at radius 3 is 3.00 bits per heavy atom. The van der Waals surface area contributed by atoms with Crippen LogP contribution in [0, 0.1) is 0 Å². The Morgan fingerprint density at radius 2 is 2.14 bits per heavy atom. The largest absolute Gasteiger partial charge is 0.461 e. The summed E-state index contributed by atoms with van der Waals surface area (Å²) in [6.07, 6.45) is 4.62. The Bertz CT molecular complexity index is 338. The number of alkyl halides is 1. The molecule has 1 aromatic rings. The van der Waals surface area contributed by atoms with Gasteiger partial charge >= 0.3 is 0 Å². The second-order valence-corrected chi connectivity index (χ2v) is 3.48. The van der Waals surface area contributed by atoms with Gasteiger partial charge in [-0.05, 0) is 18.6 Å². The zero-order valence-electron chi connectivity index (χ0n) is 7.82. The predicted molar refractivity (Wildman–Crippen MR) is 58.9 cm³/mol. The van der Waals surface area contributed by atoms with Crippen molar-refractivity contribution in [2.24, 2.45) is 0 Å². The quantitative estimate of drug-likeness (QED) is 0.710. The molecule has 3 heteroatoms. The Balaban J connectivity index is 2.18. The number of hydrogen-bond acceptors (Lipinski definition) is 2. The van der Waals surface area contributed by atoms with Gasteiger partial charge in [-0.15, -0.1) is 11.6 Å². The summed E-state index contributed by atoms with van der Waals surface area (Å²) < 4.78 is 5.38. The molecule has 1 heterocycles. The fourth-order valence-corrected chi connectivity index (χ4v) is 1.60. The average Bonchev–Trinajstić information content (AvgIpc) is 2.26.